The minimum absolute atomic E-state index is 0.315. The van der Waals surface area contributed by atoms with E-state index in [9.17, 15) is 4.79 Å². The van der Waals surface area contributed by atoms with Gasteiger partial charge in [0.05, 0.1) is 23.7 Å². The number of methoxy groups -OCH3 is 1. The van der Waals surface area contributed by atoms with Crippen LogP contribution >= 0.6 is 0 Å². The molecule has 0 bridgehead atoms. The van der Waals surface area contributed by atoms with Crippen LogP contribution in [0.25, 0.3) is 27.5 Å². The highest BCUT2D eigenvalue weighted by Crippen LogP contribution is 2.30. The molecule has 0 N–H and O–H groups in total. The fourth-order valence-corrected chi connectivity index (χ4v) is 3.26. The van der Waals surface area contributed by atoms with Crippen molar-refractivity contribution in [1.29, 1.82) is 0 Å². The number of para-hydroxylation sites is 1. The largest absolute Gasteiger partial charge is 0.465 e. The molecule has 0 unspecified atom stereocenters. The first kappa shape index (κ1) is 14.5. The van der Waals surface area contributed by atoms with E-state index in [0.717, 1.165) is 33.2 Å². The number of hydrogen-bond donors (Lipinski definition) is 0. The fourth-order valence-electron chi connectivity index (χ4n) is 3.26. The van der Waals surface area contributed by atoms with E-state index in [-0.39, 0.29) is 5.97 Å². The maximum absolute atomic E-state index is 12.3. The molecule has 4 nitrogen and oxygen atoms in total. The minimum Gasteiger partial charge on any atom is -0.465 e. The maximum Gasteiger partial charge on any atom is 0.340 e. The summed E-state index contributed by atoms with van der Waals surface area (Å²) in [6.07, 6.45) is 1.79. The van der Waals surface area contributed by atoms with E-state index in [2.05, 4.69) is 15.6 Å². The van der Waals surface area contributed by atoms with Crippen molar-refractivity contribution < 1.29 is 9.53 Å². The summed E-state index contributed by atoms with van der Waals surface area (Å²) in [5.41, 5.74) is 4.41. The molecule has 0 amide bonds. The number of pyridine rings is 1. The van der Waals surface area contributed by atoms with E-state index in [1.54, 1.807) is 6.20 Å². The molecule has 2 aromatic heterocycles. The van der Waals surface area contributed by atoms with Crippen LogP contribution < -0.4 is 0 Å². The van der Waals surface area contributed by atoms with Gasteiger partial charge in [0.1, 0.15) is 0 Å². The molecule has 0 saturated heterocycles. The number of ether oxygens (including phenoxy) is 1. The Balaban J connectivity index is 2.05. The SMILES string of the molecule is COC(=O)c1c(C)n(-c2ccc3ncccc3c2)c2ccccc12. The summed E-state index contributed by atoms with van der Waals surface area (Å²) in [5.74, 6) is -0.315. The highest BCUT2D eigenvalue weighted by Gasteiger charge is 2.21. The van der Waals surface area contributed by atoms with Crippen LogP contribution in [-0.4, -0.2) is 22.6 Å². The van der Waals surface area contributed by atoms with Crippen LogP contribution in [-0.2, 0) is 4.74 Å². The van der Waals surface area contributed by atoms with Crippen LogP contribution in [0.4, 0.5) is 0 Å². The van der Waals surface area contributed by atoms with Gasteiger partial charge in [0, 0.05) is 28.4 Å². The molecule has 4 aromatic rings. The van der Waals surface area contributed by atoms with Gasteiger partial charge in [-0.25, -0.2) is 4.79 Å². The van der Waals surface area contributed by atoms with Gasteiger partial charge < -0.3 is 9.30 Å². The molecule has 4 rings (SSSR count). The highest BCUT2D eigenvalue weighted by atomic mass is 16.5. The molecule has 0 radical (unpaired) electrons. The molecule has 0 aliphatic heterocycles. The Morgan fingerprint density at radius 1 is 1.08 bits per heavy atom. The van der Waals surface area contributed by atoms with E-state index in [4.69, 9.17) is 4.74 Å². The first-order chi connectivity index (χ1) is 11.7. The lowest BCUT2D eigenvalue weighted by atomic mass is 10.1. The second-order valence-electron chi connectivity index (χ2n) is 5.68. The molecule has 0 aliphatic carbocycles. The zero-order valence-electron chi connectivity index (χ0n) is 13.5. The van der Waals surface area contributed by atoms with E-state index in [0.29, 0.717) is 5.56 Å². The normalized spacial score (nSPS) is 11.1. The third kappa shape index (κ3) is 2.07. The van der Waals surface area contributed by atoms with E-state index in [1.807, 2.05) is 55.5 Å². The van der Waals surface area contributed by atoms with Crippen LogP contribution in [0.15, 0.2) is 60.8 Å². The molecule has 0 fully saturated rings. The Bertz CT molecular complexity index is 1080. The first-order valence-electron chi connectivity index (χ1n) is 7.74. The van der Waals surface area contributed by atoms with Gasteiger partial charge in [-0.3, -0.25) is 4.98 Å². The molecule has 0 spiro atoms. The smallest absolute Gasteiger partial charge is 0.340 e. The molecule has 0 aliphatic rings. The van der Waals surface area contributed by atoms with Crippen LogP contribution in [0.1, 0.15) is 16.1 Å². The first-order valence-corrected chi connectivity index (χ1v) is 7.74. The van der Waals surface area contributed by atoms with Crippen LogP contribution in [0, 0.1) is 6.92 Å². The number of esters is 1. The van der Waals surface area contributed by atoms with Crippen molar-refractivity contribution in [3.8, 4) is 5.69 Å². The van der Waals surface area contributed by atoms with Crippen molar-refractivity contribution in [2.75, 3.05) is 7.11 Å². The summed E-state index contributed by atoms with van der Waals surface area (Å²) >= 11 is 0. The van der Waals surface area contributed by atoms with Crippen molar-refractivity contribution in [2.45, 2.75) is 6.92 Å². The predicted molar refractivity (Wildman–Crippen MR) is 94.7 cm³/mol. The lowest BCUT2D eigenvalue weighted by Crippen LogP contribution is -2.04. The number of rotatable bonds is 2. The van der Waals surface area contributed by atoms with Gasteiger partial charge in [-0.2, -0.15) is 0 Å². The zero-order chi connectivity index (χ0) is 16.7. The average Bonchev–Trinajstić information content (AvgIpc) is 2.92. The van der Waals surface area contributed by atoms with Crippen molar-refractivity contribution >= 4 is 27.8 Å². The summed E-state index contributed by atoms with van der Waals surface area (Å²) in [6.45, 7) is 1.94. The summed E-state index contributed by atoms with van der Waals surface area (Å²) in [6, 6.07) is 17.9. The van der Waals surface area contributed by atoms with E-state index in [1.165, 1.54) is 7.11 Å². The lowest BCUT2D eigenvalue weighted by molar-refractivity contribution is 0.0602. The number of aromatic nitrogens is 2. The van der Waals surface area contributed by atoms with Gasteiger partial charge in [0.2, 0.25) is 0 Å². The quantitative estimate of drug-likeness (QED) is 0.519. The molecule has 0 saturated carbocycles. The monoisotopic (exact) mass is 316 g/mol. The summed E-state index contributed by atoms with van der Waals surface area (Å²) in [4.78, 5) is 16.6. The van der Waals surface area contributed by atoms with E-state index < -0.39 is 0 Å². The molecule has 0 atom stereocenters. The second kappa shape index (κ2) is 5.49. The third-order valence-corrected chi connectivity index (χ3v) is 4.35. The number of benzene rings is 2. The van der Waals surface area contributed by atoms with Crippen LogP contribution in [0.5, 0.6) is 0 Å². The highest BCUT2D eigenvalue weighted by molar-refractivity contribution is 6.06. The number of carbonyl (C=O) groups excluding carboxylic acids is 1. The summed E-state index contributed by atoms with van der Waals surface area (Å²) in [5, 5.41) is 1.96. The van der Waals surface area contributed by atoms with Gasteiger partial charge in [0.25, 0.3) is 0 Å². The van der Waals surface area contributed by atoms with Gasteiger partial charge in [0.15, 0.2) is 0 Å². The molecular weight excluding hydrogens is 300 g/mol. The number of hydrogen-bond acceptors (Lipinski definition) is 3. The Hall–Kier alpha value is -3.14. The lowest BCUT2D eigenvalue weighted by Gasteiger charge is -2.10. The predicted octanol–water partition coefficient (Wildman–Crippen LogP) is 4.27. The van der Waals surface area contributed by atoms with Gasteiger partial charge in [-0.15, -0.1) is 0 Å². The van der Waals surface area contributed by atoms with Gasteiger partial charge >= 0.3 is 5.97 Å². The van der Waals surface area contributed by atoms with Crippen molar-refractivity contribution in [2.24, 2.45) is 0 Å². The molecule has 2 heterocycles. The number of fused-ring (bicyclic) bond motifs is 2. The standard InChI is InChI=1S/C20H16N2O2/c1-13-19(20(23)24-2)16-7-3-4-8-18(16)22(13)15-9-10-17-14(12-15)6-5-11-21-17/h3-12H,1-2H3. The number of carbonyl (C=O) groups is 1. The average molecular weight is 316 g/mol. The molecular formula is C20H16N2O2. The van der Waals surface area contributed by atoms with Crippen molar-refractivity contribution in [3.05, 3.63) is 72.1 Å². The Morgan fingerprint density at radius 2 is 1.92 bits per heavy atom. The molecule has 24 heavy (non-hydrogen) atoms. The topological polar surface area (TPSA) is 44.1 Å². The Morgan fingerprint density at radius 3 is 2.75 bits per heavy atom. The van der Waals surface area contributed by atoms with Gasteiger partial charge in [-0.05, 0) is 37.3 Å². The molecule has 4 heteroatoms. The molecule has 118 valence electrons. The summed E-state index contributed by atoms with van der Waals surface area (Å²) < 4.78 is 7.07. The van der Waals surface area contributed by atoms with Crippen molar-refractivity contribution in [3.63, 3.8) is 0 Å². The Kier molecular flexibility index (Phi) is 3.31. The van der Waals surface area contributed by atoms with Crippen molar-refractivity contribution in [1.82, 2.24) is 9.55 Å². The van der Waals surface area contributed by atoms with E-state index >= 15 is 0 Å². The zero-order valence-corrected chi connectivity index (χ0v) is 13.5. The summed E-state index contributed by atoms with van der Waals surface area (Å²) in [7, 11) is 1.41. The fraction of sp³-hybridized carbons (Fsp3) is 0.100. The van der Waals surface area contributed by atoms with Crippen LogP contribution in [0.2, 0.25) is 0 Å². The molecule has 2 aromatic carbocycles. The number of nitrogens with zero attached hydrogens (tertiary/aromatic N) is 2. The maximum atomic E-state index is 12.3. The second-order valence-corrected chi connectivity index (χ2v) is 5.68. The van der Waals surface area contributed by atoms with Crippen LogP contribution in [0.3, 0.4) is 0 Å². The Labute approximate surface area is 139 Å². The third-order valence-electron chi connectivity index (χ3n) is 4.35. The van der Waals surface area contributed by atoms with Gasteiger partial charge in [-0.1, -0.05) is 24.3 Å². The minimum atomic E-state index is -0.315.